The molecule has 0 unspecified atom stereocenters. The van der Waals surface area contributed by atoms with Crippen LogP contribution < -0.4 is 5.73 Å². The average Bonchev–Trinajstić information content (AvgIpc) is 3.20. The molecule has 0 aromatic heterocycles. The molecule has 0 spiro atoms. The van der Waals surface area contributed by atoms with E-state index in [1.165, 1.54) is 25.0 Å². The van der Waals surface area contributed by atoms with Crippen LogP contribution in [0.25, 0.3) is 0 Å². The van der Waals surface area contributed by atoms with E-state index in [0.717, 1.165) is 12.1 Å². The summed E-state index contributed by atoms with van der Waals surface area (Å²) in [6.07, 6.45) is 2.39. The second kappa shape index (κ2) is 6.12. The molecule has 0 atom stereocenters. The van der Waals surface area contributed by atoms with Crippen LogP contribution in [0.1, 0.15) is 24.0 Å². The van der Waals surface area contributed by atoms with E-state index in [4.69, 9.17) is 15.9 Å². The molecule has 0 aliphatic heterocycles. The Kier molecular flexibility index (Phi) is 4.50. The molecule has 1 fully saturated rings. The minimum Gasteiger partial charge on any atom is -0.384 e. The van der Waals surface area contributed by atoms with E-state index in [1.807, 2.05) is 0 Å². The summed E-state index contributed by atoms with van der Waals surface area (Å²) in [5.74, 6) is -0.444. The van der Waals surface area contributed by atoms with Crippen molar-refractivity contribution >= 4 is 5.84 Å². The van der Waals surface area contributed by atoms with Gasteiger partial charge in [0.25, 0.3) is 0 Å². The minimum atomic E-state index is -0.358. The summed E-state index contributed by atoms with van der Waals surface area (Å²) in [5, 5.41) is 7.55. The number of ether oxygens (including phenoxy) is 1. The Labute approximate surface area is 112 Å². The molecule has 0 bridgehead atoms. The zero-order valence-corrected chi connectivity index (χ0v) is 11.2. The van der Waals surface area contributed by atoms with Gasteiger partial charge in [-0.25, -0.2) is 4.39 Å². The van der Waals surface area contributed by atoms with Gasteiger partial charge in [-0.05, 0) is 30.5 Å². The van der Waals surface area contributed by atoms with Gasteiger partial charge in [0.1, 0.15) is 11.7 Å². The van der Waals surface area contributed by atoms with Crippen molar-refractivity contribution in [2.24, 2.45) is 5.73 Å². The van der Waals surface area contributed by atoms with Crippen LogP contribution in [0.5, 0.6) is 0 Å². The number of halogens is 1. The number of benzene rings is 1. The lowest BCUT2D eigenvalue weighted by atomic mass is 10.1. The van der Waals surface area contributed by atoms with E-state index in [-0.39, 0.29) is 11.7 Å². The van der Waals surface area contributed by atoms with Crippen LogP contribution in [0, 0.1) is 11.2 Å². The van der Waals surface area contributed by atoms with Gasteiger partial charge in [0.2, 0.25) is 0 Å². The molecular weight excluding hydrogens is 245 g/mol. The topological polar surface area (TPSA) is 62.3 Å². The second-order valence-electron chi connectivity index (χ2n) is 4.91. The zero-order valence-electron chi connectivity index (χ0n) is 11.2. The van der Waals surface area contributed by atoms with Crippen LogP contribution in [0.15, 0.2) is 18.2 Å². The molecule has 0 saturated heterocycles. The van der Waals surface area contributed by atoms with Crippen molar-refractivity contribution in [3.8, 4) is 0 Å². The number of methoxy groups -OCH3 is 1. The molecule has 4 nitrogen and oxygen atoms in total. The summed E-state index contributed by atoms with van der Waals surface area (Å²) in [5.41, 5.74) is 6.91. The number of amidine groups is 1. The third-order valence-corrected chi connectivity index (χ3v) is 3.38. The highest BCUT2D eigenvalue weighted by molar-refractivity contribution is 5.96. The first-order valence-corrected chi connectivity index (χ1v) is 6.47. The fourth-order valence-electron chi connectivity index (χ4n) is 2.20. The number of rotatable bonds is 7. The van der Waals surface area contributed by atoms with E-state index in [9.17, 15) is 4.39 Å². The smallest absolute Gasteiger partial charge is 0.123 e. The first kappa shape index (κ1) is 14.0. The van der Waals surface area contributed by atoms with Crippen LogP contribution >= 0.6 is 0 Å². The Morgan fingerprint density at radius 1 is 1.53 bits per heavy atom. The third-order valence-electron chi connectivity index (χ3n) is 3.38. The quantitative estimate of drug-likeness (QED) is 0.583. The normalized spacial score (nSPS) is 14.9. The summed E-state index contributed by atoms with van der Waals surface area (Å²) >= 11 is 0. The molecule has 3 N–H and O–H groups in total. The molecule has 0 heterocycles. The van der Waals surface area contributed by atoms with E-state index >= 15 is 0 Å². The number of hydrogen-bond donors (Lipinski definition) is 2. The van der Waals surface area contributed by atoms with Crippen LogP contribution in [-0.4, -0.2) is 37.0 Å². The molecule has 1 aliphatic carbocycles. The maximum atomic E-state index is 13.2. The molecule has 5 heteroatoms. The van der Waals surface area contributed by atoms with Crippen LogP contribution in [0.4, 0.5) is 4.39 Å². The first-order chi connectivity index (χ1) is 9.11. The molecule has 0 amide bonds. The molecule has 19 heavy (non-hydrogen) atoms. The maximum absolute atomic E-state index is 13.2. The molecule has 1 saturated carbocycles. The molecule has 0 radical (unpaired) electrons. The number of nitrogens with one attached hydrogen (secondary N) is 1. The van der Waals surface area contributed by atoms with Gasteiger partial charge in [-0.2, -0.15) is 0 Å². The maximum Gasteiger partial charge on any atom is 0.123 e. The first-order valence-electron chi connectivity index (χ1n) is 6.47. The van der Waals surface area contributed by atoms with Gasteiger partial charge in [0.15, 0.2) is 0 Å². The molecule has 2 rings (SSSR count). The molecule has 1 aromatic rings. The molecule has 1 aliphatic rings. The lowest BCUT2D eigenvalue weighted by Gasteiger charge is -2.23. The SMILES string of the molecule is COCCN(Cc1ccc(F)cc1C(=N)N)C1CC1. The lowest BCUT2D eigenvalue weighted by Crippen LogP contribution is -2.30. The Hall–Kier alpha value is -1.46. The van der Waals surface area contributed by atoms with Crippen LogP contribution in [0.2, 0.25) is 0 Å². The predicted molar refractivity (Wildman–Crippen MR) is 72.7 cm³/mol. The van der Waals surface area contributed by atoms with Gasteiger partial charge in [-0.15, -0.1) is 0 Å². The van der Waals surface area contributed by atoms with E-state index in [1.54, 1.807) is 13.2 Å². The Balaban J connectivity index is 2.13. The van der Waals surface area contributed by atoms with Crippen molar-refractivity contribution in [2.45, 2.75) is 25.4 Å². The standard InChI is InChI=1S/C14H20FN3O/c1-19-7-6-18(12-4-5-12)9-10-2-3-11(15)8-13(10)14(16)17/h2-3,8,12H,4-7,9H2,1H3,(H3,16,17). The largest absolute Gasteiger partial charge is 0.384 e. The highest BCUT2D eigenvalue weighted by Crippen LogP contribution is 2.28. The third kappa shape index (κ3) is 3.75. The highest BCUT2D eigenvalue weighted by Gasteiger charge is 2.29. The summed E-state index contributed by atoms with van der Waals surface area (Å²) in [6.45, 7) is 2.20. The van der Waals surface area contributed by atoms with E-state index in [0.29, 0.717) is 24.8 Å². The van der Waals surface area contributed by atoms with Crippen molar-refractivity contribution in [3.05, 3.63) is 35.1 Å². The fraction of sp³-hybridized carbons (Fsp3) is 0.500. The summed E-state index contributed by atoms with van der Waals surface area (Å²) in [4.78, 5) is 2.31. The predicted octanol–water partition coefficient (Wildman–Crippen LogP) is 1.72. The second-order valence-corrected chi connectivity index (χ2v) is 4.91. The van der Waals surface area contributed by atoms with Gasteiger partial charge in [-0.1, -0.05) is 6.07 Å². The van der Waals surface area contributed by atoms with Gasteiger partial charge >= 0.3 is 0 Å². The highest BCUT2D eigenvalue weighted by atomic mass is 19.1. The van der Waals surface area contributed by atoms with E-state index < -0.39 is 0 Å². The monoisotopic (exact) mass is 265 g/mol. The van der Waals surface area contributed by atoms with Crippen molar-refractivity contribution in [1.82, 2.24) is 4.90 Å². The lowest BCUT2D eigenvalue weighted by molar-refractivity contribution is 0.139. The van der Waals surface area contributed by atoms with Crippen molar-refractivity contribution in [1.29, 1.82) is 5.41 Å². The Morgan fingerprint density at radius 2 is 2.26 bits per heavy atom. The van der Waals surface area contributed by atoms with Gasteiger partial charge in [0, 0.05) is 31.8 Å². The fourth-order valence-corrected chi connectivity index (χ4v) is 2.20. The summed E-state index contributed by atoms with van der Waals surface area (Å²) in [6, 6.07) is 5.05. The van der Waals surface area contributed by atoms with Crippen LogP contribution in [0.3, 0.4) is 0 Å². The number of hydrogen-bond acceptors (Lipinski definition) is 3. The van der Waals surface area contributed by atoms with Crippen molar-refractivity contribution < 1.29 is 9.13 Å². The molecular formula is C14H20FN3O. The average molecular weight is 265 g/mol. The Bertz CT molecular complexity index is 460. The van der Waals surface area contributed by atoms with Crippen LogP contribution in [-0.2, 0) is 11.3 Å². The van der Waals surface area contributed by atoms with Crippen molar-refractivity contribution in [2.75, 3.05) is 20.3 Å². The number of nitrogen functional groups attached to an aromatic ring is 1. The molecule has 1 aromatic carbocycles. The van der Waals surface area contributed by atoms with Gasteiger partial charge in [-0.3, -0.25) is 10.3 Å². The van der Waals surface area contributed by atoms with Gasteiger partial charge in [0.05, 0.1) is 6.61 Å². The number of nitrogens with two attached hydrogens (primary N) is 1. The van der Waals surface area contributed by atoms with Gasteiger partial charge < -0.3 is 10.5 Å². The minimum absolute atomic E-state index is 0.0861. The zero-order chi connectivity index (χ0) is 13.8. The Morgan fingerprint density at radius 3 is 2.84 bits per heavy atom. The molecule has 104 valence electrons. The van der Waals surface area contributed by atoms with E-state index in [2.05, 4.69) is 4.90 Å². The summed E-state index contributed by atoms with van der Waals surface area (Å²) < 4.78 is 18.3. The van der Waals surface area contributed by atoms with Crippen molar-refractivity contribution in [3.63, 3.8) is 0 Å². The number of nitrogens with zero attached hydrogens (tertiary/aromatic N) is 1. The summed E-state index contributed by atoms with van der Waals surface area (Å²) in [7, 11) is 1.68.